The van der Waals surface area contributed by atoms with Gasteiger partial charge in [0.25, 0.3) is 0 Å². The zero-order valence-electron chi connectivity index (χ0n) is 12.3. The van der Waals surface area contributed by atoms with E-state index in [1.165, 1.54) is 18.4 Å². The lowest BCUT2D eigenvalue weighted by molar-refractivity contribution is 0.235. The summed E-state index contributed by atoms with van der Waals surface area (Å²) in [6, 6.07) is 14.0. The molecular formula is C17H23N3. The third-order valence-electron chi connectivity index (χ3n) is 4.54. The van der Waals surface area contributed by atoms with Crippen LogP contribution in [0.15, 0.2) is 42.6 Å². The summed E-state index contributed by atoms with van der Waals surface area (Å²) in [6.07, 6.45) is 5.75. The van der Waals surface area contributed by atoms with Crippen LogP contribution in [-0.2, 0) is 0 Å². The van der Waals surface area contributed by atoms with Gasteiger partial charge in [-0.25, -0.2) is 0 Å². The molecule has 20 heavy (non-hydrogen) atoms. The fourth-order valence-electron chi connectivity index (χ4n) is 3.42. The fraction of sp³-hybridized carbons (Fsp3) is 0.471. The van der Waals surface area contributed by atoms with Crippen LogP contribution in [0.3, 0.4) is 0 Å². The van der Waals surface area contributed by atoms with Gasteiger partial charge in [0.2, 0.25) is 0 Å². The first-order chi connectivity index (χ1) is 9.78. The molecule has 1 N–H and O–H groups in total. The summed E-state index contributed by atoms with van der Waals surface area (Å²) in [4.78, 5) is 0. The Kier molecular flexibility index (Phi) is 3.88. The van der Waals surface area contributed by atoms with Crippen molar-refractivity contribution in [3.05, 3.63) is 53.9 Å². The van der Waals surface area contributed by atoms with E-state index in [0.29, 0.717) is 18.0 Å². The molecule has 1 aliphatic rings. The molecule has 3 nitrogen and oxygen atoms in total. The number of rotatable bonds is 3. The third-order valence-corrected chi connectivity index (χ3v) is 4.54. The van der Waals surface area contributed by atoms with Crippen molar-refractivity contribution < 1.29 is 0 Å². The largest absolute Gasteiger partial charge is 0.315 e. The van der Waals surface area contributed by atoms with E-state index in [4.69, 9.17) is 0 Å². The molecule has 106 valence electrons. The maximum Gasteiger partial charge on any atom is 0.0677 e. The molecule has 1 heterocycles. The third kappa shape index (κ3) is 2.63. The SMILES string of the molecule is CNC1CCC(c2ccccc2)CC1n1ccc(C)n1. The van der Waals surface area contributed by atoms with E-state index in [9.17, 15) is 0 Å². The maximum atomic E-state index is 4.64. The molecule has 2 aromatic rings. The van der Waals surface area contributed by atoms with Gasteiger partial charge in [0, 0.05) is 12.2 Å². The number of likely N-dealkylation sites (N-methyl/N-ethyl adjacent to an activating group) is 1. The lowest BCUT2D eigenvalue weighted by Gasteiger charge is -2.36. The van der Waals surface area contributed by atoms with Crippen molar-refractivity contribution in [2.24, 2.45) is 0 Å². The molecule has 0 bridgehead atoms. The average molecular weight is 269 g/mol. The Bertz CT molecular complexity index is 546. The van der Waals surface area contributed by atoms with Crippen LogP contribution >= 0.6 is 0 Å². The van der Waals surface area contributed by atoms with E-state index >= 15 is 0 Å². The quantitative estimate of drug-likeness (QED) is 0.926. The maximum absolute atomic E-state index is 4.64. The van der Waals surface area contributed by atoms with Crippen LogP contribution in [0, 0.1) is 6.92 Å². The summed E-state index contributed by atoms with van der Waals surface area (Å²) < 4.78 is 2.16. The number of nitrogens with one attached hydrogen (secondary N) is 1. The molecule has 3 unspecified atom stereocenters. The van der Waals surface area contributed by atoms with Gasteiger partial charge in [-0.05, 0) is 50.8 Å². The highest BCUT2D eigenvalue weighted by Gasteiger charge is 2.31. The zero-order valence-corrected chi connectivity index (χ0v) is 12.3. The van der Waals surface area contributed by atoms with Gasteiger partial charge in [0.15, 0.2) is 0 Å². The van der Waals surface area contributed by atoms with Crippen molar-refractivity contribution in [3.8, 4) is 0 Å². The number of aromatic nitrogens is 2. The highest BCUT2D eigenvalue weighted by molar-refractivity contribution is 5.20. The van der Waals surface area contributed by atoms with Gasteiger partial charge in [-0.2, -0.15) is 5.10 Å². The van der Waals surface area contributed by atoms with Gasteiger partial charge in [-0.1, -0.05) is 30.3 Å². The highest BCUT2D eigenvalue weighted by atomic mass is 15.3. The molecule has 0 spiro atoms. The lowest BCUT2D eigenvalue weighted by Crippen LogP contribution is -2.39. The summed E-state index contributed by atoms with van der Waals surface area (Å²) in [5, 5.41) is 8.11. The summed E-state index contributed by atoms with van der Waals surface area (Å²) in [6.45, 7) is 2.06. The summed E-state index contributed by atoms with van der Waals surface area (Å²) in [7, 11) is 2.07. The molecule has 1 aromatic carbocycles. The molecule has 1 fully saturated rings. The topological polar surface area (TPSA) is 29.9 Å². The Morgan fingerprint density at radius 1 is 1.15 bits per heavy atom. The molecule has 0 amide bonds. The first-order valence-corrected chi connectivity index (χ1v) is 7.52. The van der Waals surface area contributed by atoms with E-state index < -0.39 is 0 Å². The Balaban J connectivity index is 1.83. The molecule has 3 heteroatoms. The Morgan fingerprint density at radius 2 is 1.95 bits per heavy atom. The Labute approximate surface area is 121 Å². The first-order valence-electron chi connectivity index (χ1n) is 7.52. The molecule has 3 rings (SSSR count). The minimum Gasteiger partial charge on any atom is -0.315 e. The van der Waals surface area contributed by atoms with Crippen LogP contribution in [0.4, 0.5) is 0 Å². The molecule has 0 saturated heterocycles. The summed E-state index contributed by atoms with van der Waals surface area (Å²) in [5.74, 6) is 0.648. The van der Waals surface area contributed by atoms with E-state index in [0.717, 1.165) is 12.1 Å². The molecule has 0 radical (unpaired) electrons. The van der Waals surface area contributed by atoms with E-state index in [1.54, 1.807) is 0 Å². The van der Waals surface area contributed by atoms with Crippen molar-refractivity contribution in [1.29, 1.82) is 0 Å². The minimum absolute atomic E-state index is 0.452. The van der Waals surface area contributed by atoms with E-state index in [2.05, 4.69) is 71.7 Å². The van der Waals surface area contributed by atoms with Gasteiger partial charge < -0.3 is 5.32 Å². The standard InChI is InChI=1S/C17H23N3/c1-13-10-11-20(19-13)17-12-15(8-9-16(17)18-2)14-6-4-3-5-7-14/h3-7,10-11,15-18H,8-9,12H2,1-2H3. The van der Waals surface area contributed by atoms with Gasteiger partial charge in [-0.3, -0.25) is 4.68 Å². The molecule has 0 aliphatic heterocycles. The highest BCUT2D eigenvalue weighted by Crippen LogP contribution is 2.38. The lowest BCUT2D eigenvalue weighted by atomic mass is 9.79. The Hall–Kier alpha value is -1.61. The molecular weight excluding hydrogens is 246 g/mol. The number of benzene rings is 1. The second-order valence-corrected chi connectivity index (χ2v) is 5.82. The summed E-state index contributed by atoms with van der Waals surface area (Å²) in [5.41, 5.74) is 2.57. The van der Waals surface area contributed by atoms with Crippen LogP contribution in [0.25, 0.3) is 0 Å². The van der Waals surface area contributed by atoms with Gasteiger partial charge in [0.05, 0.1) is 11.7 Å². The fourth-order valence-corrected chi connectivity index (χ4v) is 3.42. The zero-order chi connectivity index (χ0) is 13.9. The average Bonchev–Trinajstić information content (AvgIpc) is 2.94. The smallest absolute Gasteiger partial charge is 0.0677 e. The van der Waals surface area contributed by atoms with Crippen LogP contribution in [0.1, 0.15) is 42.5 Å². The summed E-state index contributed by atoms with van der Waals surface area (Å²) >= 11 is 0. The molecule has 1 aliphatic carbocycles. The molecule has 1 saturated carbocycles. The van der Waals surface area contributed by atoms with Gasteiger partial charge in [-0.15, -0.1) is 0 Å². The van der Waals surface area contributed by atoms with Crippen LogP contribution in [0.2, 0.25) is 0 Å². The predicted octanol–water partition coefficient (Wildman–Crippen LogP) is 3.29. The van der Waals surface area contributed by atoms with E-state index in [1.807, 2.05) is 0 Å². The molecule has 3 atom stereocenters. The van der Waals surface area contributed by atoms with E-state index in [-0.39, 0.29) is 0 Å². The number of hydrogen-bond acceptors (Lipinski definition) is 2. The van der Waals surface area contributed by atoms with Crippen molar-refractivity contribution in [1.82, 2.24) is 15.1 Å². The second kappa shape index (κ2) is 5.80. The van der Waals surface area contributed by atoms with Crippen LogP contribution in [0.5, 0.6) is 0 Å². The monoisotopic (exact) mass is 269 g/mol. The Morgan fingerprint density at radius 3 is 2.60 bits per heavy atom. The predicted molar refractivity (Wildman–Crippen MR) is 81.9 cm³/mol. The van der Waals surface area contributed by atoms with Crippen molar-refractivity contribution in [3.63, 3.8) is 0 Å². The number of nitrogens with zero attached hydrogens (tertiary/aromatic N) is 2. The van der Waals surface area contributed by atoms with Crippen molar-refractivity contribution >= 4 is 0 Å². The molecule has 1 aromatic heterocycles. The van der Waals surface area contributed by atoms with Gasteiger partial charge in [0.1, 0.15) is 0 Å². The number of hydrogen-bond donors (Lipinski definition) is 1. The van der Waals surface area contributed by atoms with Gasteiger partial charge >= 0.3 is 0 Å². The van der Waals surface area contributed by atoms with Crippen LogP contribution in [-0.4, -0.2) is 22.9 Å². The second-order valence-electron chi connectivity index (χ2n) is 5.82. The van der Waals surface area contributed by atoms with Crippen molar-refractivity contribution in [2.45, 2.75) is 44.2 Å². The number of aryl methyl sites for hydroxylation is 1. The minimum atomic E-state index is 0.452. The normalized spacial score (nSPS) is 26.6. The van der Waals surface area contributed by atoms with Crippen LogP contribution < -0.4 is 5.32 Å². The first kappa shape index (κ1) is 13.4. The van der Waals surface area contributed by atoms with Crippen molar-refractivity contribution in [2.75, 3.05) is 7.05 Å².